The van der Waals surface area contributed by atoms with Gasteiger partial charge < -0.3 is 4.74 Å². The molecule has 0 saturated carbocycles. The number of hydrogen-bond acceptors (Lipinski definition) is 1. The third-order valence-electron chi connectivity index (χ3n) is 3.59. The van der Waals surface area contributed by atoms with Crippen LogP contribution in [-0.4, -0.2) is 24.6 Å². The molecule has 25 heavy (non-hydrogen) atoms. The molecule has 7 heteroatoms. The van der Waals surface area contributed by atoms with Gasteiger partial charge in [0.05, 0.1) is 0 Å². The fraction of sp³-hybridized carbons (Fsp3) is 0.333. The second-order valence-corrected chi connectivity index (χ2v) is 5.58. The first-order valence-corrected chi connectivity index (χ1v) is 7.53. The molecule has 0 heterocycles. The monoisotopic (exact) mass is 362 g/mol. The van der Waals surface area contributed by atoms with Crippen molar-refractivity contribution < 1.29 is 31.1 Å². The molecule has 0 bridgehead atoms. The lowest BCUT2D eigenvalue weighted by molar-refractivity contribution is -0.285. The maximum Gasteiger partial charge on any atom is 0.414 e. The molecule has 0 aliphatic rings. The Kier molecular flexibility index (Phi) is 6.11. The van der Waals surface area contributed by atoms with Gasteiger partial charge in [-0.3, -0.25) is 0 Å². The van der Waals surface area contributed by atoms with Crippen LogP contribution in [0.15, 0.2) is 60.7 Å². The van der Waals surface area contributed by atoms with Gasteiger partial charge in [-0.15, -0.1) is 0 Å². The van der Waals surface area contributed by atoms with E-state index in [1.165, 1.54) is 48.5 Å². The van der Waals surface area contributed by atoms with E-state index in [-0.39, 0.29) is 11.1 Å². The zero-order valence-electron chi connectivity index (χ0n) is 13.0. The first-order chi connectivity index (χ1) is 11.7. The Hall–Kier alpha value is -2.02. The average Bonchev–Trinajstić information content (AvgIpc) is 2.53. The van der Waals surface area contributed by atoms with Crippen molar-refractivity contribution in [2.75, 3.05) is 0 Å². The van der Waals surface area contributed by atoms with Crippen molar-refractivity contribution in [3.63, 3.8) is 0 Å². The maximum absolute atomic E-state index is 13.2. The van der Waals surface area contributed by atoms with Gasteiger partial charge in [-0.1, -0.05) is 60.7 Å². The smallest absolute Gasteiger partial charge is 0.355 e. The number of benzene rings is 2. The minimum atomic E-state index is -4.91. The highest BCUT2D eigenvalue weighted by molar-refractivity contribution is 5.17. The predicted molar refractivity (Wildman–Crippen MR) is 81.1 cm³/mol. The summed E-state index contributed by atoms with van der Waals surface area (Å²) in [5, 5.41) is 0. The molecule has 0 aromatic heterocycles. The largest absolute Gasteiger partial charge is 0.414 e. The van der Waals surface area contributed by atoms with E-state index in [2.05, 4.69) is 4.74 Å². The molecule has 0 aliphatic heterocycles. The van der Waals surface area contributed by atoms with E-state index in [0.717, 1.165) is 0 Å². The maximum atomic E-state index is 13.2. The molecule has 0 amide bonds. The van der Waals surface area contributed by atoms with Crippen molar-refractivity contribution in [1.29, 1.82) is 0 Å². The molecule has 2 unspecified atom stereocenters. The van der Waals surface area contributed by atoms with E-state index in [9.17, 15) is 26.3 Å². The van der Waals surface area contributed by atoms with Gasteiger partial charge in [-0.25, -0.2) is 0 Å². The third kappa shape index (κ3) is 6.08. The van der Waals surface area contributed by atoms with Crippen LogP contribution in [0.3, 0.4) is 0 Å². The second-order valence-electron chi connectivity index (χ2n) is 5.58. The van der Waals surface area contributed by atoms with Crippen molar-refractivity contribution in [1.82, 2.24) is 0 Å². The molecular formula is C18H16F6O. The molecule has 0 saturated heterocycles. The predicted octanol–water partition coefficient (Wildman–Crippen LogP) is 5.35. The van der Waals surface area contributed by atoms with E-state index in [1.807, 2.05) is 0 Å². The summed E-state index contributed by atoms with van der Waals surface area (Å²) in [4.78, 5) is 0. The highest BCUT2D eigenvalue weighted by atomic mass is 19.4. The lowest BCUT2D eigenvalue weighted by Crippen LogP contribution is -2.43. The lowest BCUT2D eigenvalue weighted by atomic mass is 10.1. The summed E-state index contributed by atoms with van der Waals surface area (Å²) in [6, 6.07) is 15.0. The van der Waals surface area contributed by atoms with Crippen LogP contribution in [0.25, 0.3) is 0 Å². The van der Waals surface area contributed by atoms with Gasteiger partial charge in [0.1, 0.15) is 0 Å². The Morgan fingerprint density at radius 3 is 1.20 bits per heavy atom. The normalized spacial score (nSPS) is 15.0. The topological polar surface area (TPSA) is 9.23 Å². The van der Waals surface area contributed by atoms with E-state index in [0.29, 0.717) is 0 Å². The van der Waals surface area contributed by atoms with Gasteiger partial charge >= 0.3 is 12.4 Å². The standard InChI is InChI=1S/C18H16F6O/c19-17(20,21)15(11-13-7-3-1-4-8-13)25-16(18(22,23)24)12-14-9-5-2-6-10-14/h1-10,15-16H,11-12H2. The number of hydrogen-bond donors (Lipinski definition) is 0. The fourth-order valence-electron chi connectivity index (χ4n) is 2.34. The van der Waals surface area contributed by atoms with Crippen LogP contribution >= 0.6 is 0 Å². The summed E-state index contributed by atoms with van der Waals surface area (Å²) < 4.78 is 83.7. The number of ether oxygens (including phenoxy) is 1. The molecular weight excluding hydrogens is 346 g/mol. The van der Waals surface area contributed by atoms with Crippen LogP contribution in [-0.2, 0) is 17.6 Å². The van der Waals surface area contributed by atoms with Crippen LogP contribution in [0.2, 0.25) is 0 Å². The van der Waals surface area contributed by atoms with Crippen LogP contribution in [0.5, 0.6) is 0 Å². The van der Waals surface area contributed by atoms with Gasteiger partial charge in [0.25, 0.3) is 0 Å². The van der Waals surface area contributed by atoms with E-state index < -0.39 is 37.4 Å². The summed E-state index contributed by atoms with van der Waals surface area (Å²) in [5.74, 6) is 0. The molecule has 2 aromatic rings. The highest BCUT2D eigenvalue weighted by Gasteiger charge is 2.48. The first kappa shape index (κ1) is 19.3. The van der Waals surface area contributed by atoms with Gasteiger partial charge in [0, 0.05) is 12.8 Å². The minimum Gasteiger partial charge on any atom is -0.355 e. The Morgan fingerprint density at radius 1 is 0.600 bits per heavy atom. The SMILES string of the molecule is FC(F)(F)C(Cc1ccccc1)OC(Cc1ccccc1)C(F)(F)F. The Morgan fingerprint density at radius 2 is 0.920 bits per heavy atom. The minimum absolute atomic E-state index is 0.255. The van der Waals surface area contributed by atoms with Crippen molar-refractivity contribution in [2.24, 2.45) is 0 Å². The van der Waals surface area contributed by atoms with Crippen molar-refractivity contribution in [3.8, 4) is 0 Å². The average molecular weight is 362 g/mol. The second kappa shape index (κ2) is 7.91. The molecule has 0 spiro atoms. The van der Waals surface area contributed by atoms with E-state index >= 15 is 0 Å². The third-order valence-corrected chi connectivity index (χ3v) is 3.59. The molecule has 0 N–H and O–H groups in total. The summed E-state index contributed by atoms with van der Waals surface area (Å²) in [6.07, 6.45) is -16.2. The quantitative estimate of drug-likeness (QED) is 0.630. The Labute approximate surface area is 141 Å². The van der Waals surface area contributed by atoms with Gasteiger partial charge in [-0.05, 0) is 11.1 Å². The summed E-state index contributed by atoms with van der Waals surface area (Å²) >= 11 is 0. The molecule has 136 valence electrons. The summed E-state index contributed by atoms with van der Waals surface area (Å²) in [6.45, 7) is 0. The van der Waals surface area contributed by atoms with Crippen molar-refractivity contribution >= 4 is 0 Å². The Bertz CT molecular complexity index is 579. The lowest BCUT2D eigenvalue weighted by Gasteiger charge is -2.28. The molecule has 2 aromatic carbocycles. The van der Waals surface area contributed by atoms with E-state index in [4.69, 9.17) is 0 Å². The molecule has 2 rings (SSSR count). The Balaban J connectivity index is 2.20. The number of alkyl halides is 6. The molecule has 0 radical (unpaired) electrons. The molecule has 0 aliphatic carbocycles. The van der Waals surface area contributed by atoms with Gasteiger partial charge in [0.15, 0.2) is 12.2 Å². The fourth-order valence-corrected chi connectivity index (χ4v) is 2.34. The van der Waals surface area contributed by atoms with Crippen molar-refractivity contribution in [2.45, 2.75) is 37.4 Å². The highest BCUT2D eigenvalue weighted by Crippen LogP contribution is 2.33. The van der Waals surface area contributed by atoms with Gasteiger partial charge in [0.2, 0.25) is 0 Å². The van der Waals surface area contributed by atoms with E-state index in [1.54, 1.807) is 12.1 Å². The number of halogens is 6. The van der Waals surface area contributed by atoms with Crippen molar-refractivity contribution in [3.05, 3.63) is 71.8 Å². The van der Waals surface area contributed by atoms with Gasteiger partial charge in [-0.2, -0.15) is 26.3 Å². The van der Waals surface area contributed by atoms with Crippen LogP contribution < -0.4 is 0 Å². The molecule has 1 nitrogen and oxygen atoms in total. The van der Waals surface area contributed by atoms with Crippen LogP contribution in [0.4, 0.5) is 26.3 Å². The van der Waals surface area contributed by atoms with Crippen LogP contribution in [0.1, 0.15) is 11.1 Å². The first-order valence-electron chi connectivity index (χ1n) is 7.53. The molecule has 0 fully saturated rings. The van der Waals surface area contributed by atoms with Crippen LogP contribution in [0, 0.1) is 0 Å². The molecule has 2 atom stereocenters. The summed E-state index contributed by atoms with van der Waals surface area (Å²) in [5.41, 5.74) is 0.510. The zero-order valence-corrected chi connectivity index (χ0v) is 13.0. The number of rotatable bonds is 6. The summed E-state index contributed by atoms with van der Waals surface area (Å²) in [7, 11) is 0. The zero-order chi connectivity index (χ0) is 18.5.